The normalized spacial score (nSPS) is 17.4. The molecule has 118 valence electrons. The zero-order valence-corrected chi connectivity index (χ0v) is 15.6. The molecule has 0 atom stereocenters. The van der Waals surface area contributed by atoms with E-state index in [4.69, 9.17) is 4.74 Å². The summed E-state index contributed by atoms with van der Waals surface area (Å²) in [6.07, 6.45) is 4.71. The molecule has 0 aromatic heterocycles. The maximum absolute atomic E-state index is 6.41. The molecule has 0 saturated heterocycles. The summed E-state index contributed by atoms with van der Waals surface area (Å²) in [5.41, 5.74) is 2.71. The first-order chi connectivity index (χ1) is 9.71. The van der Waals surface area contributed by atoms with Crippen molar-refractivity contribution in [2.75, 3.05) is 6.54 Å². The van der Waals surface area contributed by atoms with Gasteiger partial charge < -0.3 is 10.1 Å². The highest BCUT2D eigenvalue weighted by Crippen LogP contribution is 2.40. The first-order valence-corrected chi connectivity index (χ1v) is 8.71. The molecule has 0 bridgehead atoms. The molecule has 1 aliphatic rings. The number of hydrogen-bond donors (Lipinski definition) is 1. The lowest BCUT2D eigenvalue weighted by molar-refractivity contribution is -0.0153. The molecule has 2 rings (SSSR count). The molecule has 1 saturated carbocycles. The predicted molar refractivity (Wildman–Crippen MR) is 93.2 cm³/mol. The maximum atomic E-state index is 6.41. The third-order valence-electron chi connectivity index (χ3n) is 4.25. The van der Waals surface area contributed by atoms with Gasteiger partial charge in [-0.05, 0) is 90.1 Å². The molecule has 0 heterocycles. The van der Waals surface area contributed by atoms with E-state index in [1.54, 1.807) is 0 Å². The number of ether oxygens (including phenoxy) is 1. The molecule has 0 aliphatic heterocycles. The minimum atomic E-state index is 0.0466. The lowest BCUT2D eigenvalue weighted by Gasteiger charge is -2.43. The van der Waals surface area contributed by atoms with E-state index >= 15 is 0 Å². The number of hydrogen-bond acceptors (Lipinski definition) is 2. The standard InChI is InChI=1S/C18H28BrNO/c1-13-11-15(12-14(2)16(13)19)21-18(7-6-8-18)9-10-20-17(3,4)5/h11-12,20H,6-10H2,1-5H3. The Balaban J connectivity index is 2.02. The van der Waals surface area contributed by atoms with Crippen LogP contribution in [-0.2, 0) is 0 Å². The van der Waals surface area contributed by atoms with Gasteiger partial charge in [0.1, 0.15) is 11.4 Å². The lowest BCUT2D eigenvalue weighted by Crippen LogP contribution is -2.47. The topological polar surface area (TPSA) is 21.3 Å². The molecule has 0 amide bonds. The first kappa shape index (κ1) is 16.8. The molecular formula is C18H28BrNO. The summed E-state index contributed by atoms with van der Waals surface area (Å²) in [5.74, 6) is 1.02. The summed E-state index contributed by atoms with van der Waals surface area (Å²) in [5, 5.41) is 3.58. The van der Waals surface area contributed by atoms with Crippen molar-refractivity contribution in [3.8, 4) is 5.75 Å². The molecule has 1 aromatic carbocycles. The van der Waals surface area contributed by atoms with Gasteiger partial charge in [0.25, 0.3) is 0 Å². The SMILES string of the molecule is Cc1cc(OC2(CCNC(C)(C)C)CCC2)cc(C)c1Br. The minimum absolute atomic E-state index is 0.0466. The van der Waals surface area contributed by atoms with Crippen LogP contribution >= 0.6 is 15.9 Å². The van der Waals surface area contributed by atoms with E-state index in [2.05, 4.69) is 68.0 Å². The number of nitrogens with one attached hydrogen (secondary N) is 1. The van der Waals surface area contributed by atoms with Gasteiger partial charge in [0.15, 0.2) is 0 Å². The second-order valence-electron chi connectivity index (χ2n) is 7.44. The van der Waals surface area contributed by atoms with Gasteiger partial charge in [-0.2, -0.15) is 0 Å². The van der Waals surface area contributed by atoms with Gasteiger partial charge in [0, 0.05) is 10.0 Å². The van der Waals surface area contributed by atoms with Crippen molar-refractivity contribution in [3.05, 3.63) is 27.7 Å². The fourth-order valence-corrected chi connectivity index (χ4v) is 3.08. The Morgan fingerprint density at radius 1 is 1.19 bits per heavy atom. The molecule has 1 N–H and O–H groups in total. The maximum Gasteiger partial charge on any atom is 0.120 e. The number of halogens is 1. The van der Waals surface area contributed by atoms with E-state index < -0.39 is 0 Å². The largest absolute Gasteiger partial charge is 0.487 e. The zero-order valence-electron chi connectivity index (χ0n) is 14.0. The molecule has 0 radical (unpaired) electrons. The Labute approximate surface area is 137 Å². The van der Waals surface area contributed by atoms with Crippen molar-refractivity contribution in [3.63, 3.8) is 0 Å². The van der Waals surface area contributed by atoms with E-state index in [1.165, 1.54) is 34.9 Å². The second kappa shape index (κ2) is 6.29. The fraction of sp³-hybridized carbons (Fsp3) is 0.667. The van der Waals surface area contributed by atoms with Crippen LogP contribution in [0.4, 0.5) is 0 Å². The summed E-state index contributed by atoms with van der Waals surface area (Å²) < 4.78 is 7.60. The van der Waals surface area contributed by atoms with E-state index in [-0.39, 0.29) is 11.1 Å². The fourth-order valence-electron chi connectivity index (χ4n) is 2.85. The Morgan fingerprint density at radius 3 is 2.19 bits per heavy atom. The van der Waals surface area contributed by atoms with Crippen LogP contribution in [0.5, 0.6) is 5.75 Å². The molecule has 2 nitrogen and oxygen atoms in total. The predicted octanol–water partition coefficient (Wildman–Crippen LogP) is 5.15. The van der Waals surface area contributed by atoms with Crippen LogP contribution in [0.1, 0.15) is 57.6 Å². The van der Waals surface area contributed by atoms with Crippen molar-refractivity contribution in [1.29, 1.82) is 0 Å². The van der Waals surface area contributed by atoms with Gasteiger partial charge >= 0.3 is 0 Å². The number of aryl methyl sites for hydroxylation is 2. The lowest BCUT2D eigenvalue weighted by atomic mass is 9.77. The summed E-state index contributed by atoms with van der Waals surface area (Å²) in [6.45, 7) is 11.9. The van der Waals surface area contributed by atoms with E-state index in [9.17, 15) is 0 Å². The van der Waals surface area contributed by atoms with Crippen LogP contribution in [0, 0.1) is 13.8 Å². The quantitative estimate of drug-likeness (QED) is 0.790. The highest BCUT2D eigenvalue weighted by molar-refractivity contribution is 9.10. The third kappa shape index (κ3) is 4.46. The summed E-state index contributed by atoms with van der Waals surface area (Å²) in [7, 11) is 0. The van der Waals surface area contributed by atoms with Crippen molar-refractivity contribution in [2.45, 2.75) is 71.4 Å². The Hall–Kier alpha value is -0.540. The molecular weight excluding hydrogens is 326 g/mol. The van der Waals surface area contributed by atoms with Crippen molar-refractivity contribution < 1.29 is 4.74 Å². The number of rotatable bonds is 5. The third-order valence-corrected chi connectivity index (χ3v) is 5.50. The zero-order chi connectivity index (χ0) is 15.7. The van der Waals surface area contributed by atoms with Crippen LogP contribution < -0.4 is 10.1 Å². The Kier molecular flexibility index (Phi) is 5.04. The molecule has 0 spiro atoms. The molecule has 1 fully saturated rings. The first-order valence-electron chi connectivity index (χ1n) is 7.92. The van der Waals surface area contributed by atoms with E-state index in [0.717, 1.165) is 18.7 Å². The van der Waals surface area contributed by atoms with Gasteiger partial charge in [-0.1, -0.05) is 15.9 Å². The average molecular weight is 354 g/mol. The minimum Gasteiger partial charge on any atom is -0.487 e. The Bertz CT molecular complexity index is 477. The molecule has 21 heavy (non-hydrogen) atoms. The van der Waals surface area contributed by atoms with Gasteiger partial charge in [-0.15, -0.1) is 0 Å². The average Bonchev–Trinajstić information content (AvgIpc) is 2.31. The highest BCUT2D eigenvalue weighted by atomic mass is 79.9. The van der Waals surface area contributed by atoms with Crippen molar-refractivity contribution >= 4 is 15.9 Å². The smallest absolute Gasteiger partial charge is 0.120 e. The van der Waals surface area contributed by atoms with Crippen LogP contribution in [0.2, 0.25) is 0 Å². The van der Waals surface area contributed by atoms with E-state index in [0.29, 0.717) is 0 Å². The van der Waals surface area contributed by atoms with Crippen LogP contribution in [0.25, 0.3) is 0 Å². The second-order valence-corrected chi connectivity index (χ2v) is 8.23. The summed E-state index contributed by atoms with van der Waals surface area (Å²) >= 11 is 3.62. The van der Waals surface area contributed by atoms with Crippen LogP contribution in [-0.4, -0.2) is 17.7 Å². The summed E-state index contributed by atoms with van der Waals surface area (Å²) in [6, 6.07) is 4.29. The van der Waals surface area contributed by atoms with Gasteiger partial charge in [0.2, 0.25) is 0 Å². The van der Waals surface area contributed by atoms with Crippen LogP contribution in [0.3, 0.4) is 0 Å². The monoisotopic (exact) mass is 353 g/mol. The van der Waals surface area contributed by atoms with Gasteiger partial charge in [-0.3, -0.25) is 0 Å². The highest BCUT2D eigenvalue weighted by Gasteiger charge is 2.39. The van der Waals surface area contributed by atoms with Crippen molar-refractivity contribution in [1.82, 2.24) is 5.32 Å². The summed E-state index contributed by atoms with van der Waals surface area (Å²) in [4.78, 5) is 0. The Morgan fingerprint density at radius 2 is 1.76 bits per heavy atom. The number of benzene rings is 1. The molecule has 3 heteroatoms. The van der Waals surface area contributed by atoms with Gasteiger partial charge in [-0.25, -0.2) is 0 Å². The van der Waals surface area contributed by atoms with Crippen molar-refractivity contribution in [2.24, 2.45) is 0 Å². The van der Waals surface area contributed by atoms with Crippen LogP contribution in [0.15, 0.2) is 16.6 Å². The van der Waals surface area contributed by atoms with E-state index in [1.807, 2.05) is 0 Å². The molecule has 0 unspecified atom stereocenters. The molecule has 1 aromatic rings. The van der Waals surface area contributed by atoms with Gasteiger partial charge in [0.05, 0.1) is 0 Å². The molecule has 1 aliphatic carbocycles.